The van der Waals surface area contributed by atoms with E-state index in [0.717, 1.165) is 16.6 Å². The van der Waals surface area contributed by atoms with Gasteiger partial charge in [0.1, 0.15) is 0 Å². The predicted octanol–water partition coefficient (Wildman–Crippen LogP) is 3.92. The van der Waals surface area contributed by atoms with E-state index < -0.39 is 0 Å². The van der Waals surface area contributed by atoms with Crippen LogP contribution in [0.5, 0.6) is 0 Å². The molecule has 0 radical (unpaired) electrons. The number of nitrogens with zero attached hydrogens (tertiary/aromatic N) is 2. The summed E-state index contributed by atoms with van der Waals surface area (Å²) in [4.78, 5) is 33.1. The Kier molecular flexibility index (Phi) is 3.43. The topological polar surface area (TPSA) is 83.5 Å². The summed E-state index contributed by atoms with van der Waals surface area (Å²) < 4.78 is 1.79. The molecule has 3 aromatic carbocycles. The molecule has 3 heterocycles. The molecule has 0 fully saturated rings. The van der Waals surface area contributed by atoms with Crippen molar-refractivity contribution in [2.45, 2.75) is 6.54 Å². The molecule has 6 rings (SSSR count). The van der Waals surface area contributed by atoms with Crippen LogP contribution in [-0.4, -0.2) is 19.7 Å². The van der Waals surface area contributed by atoms with Gasteiger partial charge in [-0.3, -0.25) is 14.3 Å². The normalized spacial score (nSPS) is 11.7. The second kappa shape index (κ2) is 6.15. The second-order valence-corrected chi connectivity index (χ2v) is 7.44. The fourth-order valence-corrected chi connectivity index (χ4v) is 4.21. The van der Waals surface area contributed by atoms with Crippen LogP contribution in [0.15, 0.2) is 82.6 Å². The summed E-state index contributed by atoms with van der Waals surface area (Å²) in [5.74, 6) is 0. The smallest absolute Gasteiger partial charge is 0.197 e. The minimum atomic E-state index is -0.0580. The molecule has 2 N–H and O–H groups in total. The van der Waals surface area contributed by atoms with Crippen molar-refractivity contribution in [3.05, 3.63) is 99.1 Å². The van der Waals surface area contributed by atoms with Gasteiger partial charge >= 0.3 is 0 Å². The summed E-state index contributed by atoms with van der Waals surface area (Å²) >= 11 is 0. The Morgan fingerprint density at radius 3 is 2.27 bits per heavy atom. The molecular weight excluding hydrogens is 376 g/mol. The van der Waals surface area contributed by atoms with Crippen LogP contribution in [0.4, 0.5) is 0 Å². The molecule has 0 aliphatic rings. The lowest BCUT2D eigenvalue weighted by molar-refractivity contribution is 0.690. The maximum Gasteiger partial charge on any atom is 0.197 e. The van der Waals surface area contributed by atoms with Gasteiger partial charge in [-0.1, -0.05) is 24.3 Å². The molecule has 144 valence electrons. The van der Waals surface area contributed by atoms with Gasteiger partial charge in [0.05, 0.1) is 28.5 Å². The van der Waals surface area contributed by atoms with Crippen LogP contribution in [-0.2, 0) is 6.54 Å². The van der Waals surface area contributed by atoms with Gasteiger partial charge in [-0.2, -0.15) is 5.10 Å². The monoisotopic (exact) mass is 392 g/mol. The summed E-state index contributed by atoms with van der Waals surface area (Å²) in [6.45, 7) is 0.508. The van der Waals surface area contributed by atoms with Crippen molar-refractivity contribution >= 4 is 43.6 Å². The maximum atomic E-state index is 13.5. The van der Waals surface area contributed by atoms with Crippen LogP contribution in [0.3, 0.4) is 0 Å². The molecule has 6 heteroatoms. The van der Waals surface area contributed by atoms with Crippen molar-refractivity contribution < 1.29 is 0 Å². The average molecular weight is 392 g/mol. The number of hydrogen-bond donors (Lipinski definition) is 2. The molecule has 0 saturated carbocycles. The Balaban J connectivity index is 1.70. The van der Waals surface area contributed by atoms with Gasteiger partial charge in [-0.15, -0.1) is 0 Å². The molecule has 0 spiro atoms. The number of rotatable bonds is 2. The lowest BCUT2D eigenvalue weighted by Crippen LogP contribution is -2.11. The number of para-hydroxylation sites is 1. The summed E-state index contributed by atoms with van der Waals surface area (Å²) in [6.07, 6.45) is 3.59. The van der Waals surface area contributed by atoms with Crippen LogP contribution >= 0.6 is 0 Å². The summed E-state index contributed by atoms with van der Waals surface area (Å²) in [7, 11) is 0. The van der Waals surface area contributed by atoms with Crippen molar-refractivity contribution in [3.8, 4) is 0 Å². The van der Waals surface area contributed by atoms with Gasteiger partial charge in [0.15, 0.2) is 10.9 Å². The van der Waals surface area contributed by atoms with E-state index >= 15 is 0 Å². The molecular formula is C24H16N4O2. The molecule has 30 heavy (non-hydrogen) atoms. The van der Waals surface area contributed by atoms with Crippen LogP contribution in [0.2, 0.25) is 0 Å². The molecule has 0 atom stereocenters. The first-order chi connectivity index (χ1) is 14.7. The third-order valence-corrected chi connectivity index (χ3v) is 5.63. The van der Waals surface area contributed by atoms with Gasteiger partial charge in [0, 0.05) is 34.1 Å². The lowest BCUT2D eigenvalue weighted by Gasteiger charge is -2.10. The highest BCUT2D eigenvalue weighted by Crippen LogP contribution is 2.23. The third-order valence-electron chi connectivity index (χ3n) is 5.63. The van der Waals surface area contributed by atoms with Gasteiger partial charge in [-0.05, 0) is 42.0 Å². The zero-order valence-electron chi connectivity index (χ0n) is 15.8. The van der Waals surface area contributed by atoms with E-state index in [4.69, 9.17) is 0 Å². The Bertz CT molecular complexity index is 1710. The second-order valence-electron chi connectivity index (χ2n) is 7.44. The summed E-state index contributed by atoms with van der Waals surface area (Å²) in [5, 5.41) is 6.64. The Hall–Kier alpha value is -4.19. The average Bonchev–Trinajstić information content (AvgIpc) is 3.27. The fourth-order valence-electron chi connectivity index (χ4n) is 4.21. The molecule has 3 aromatic heterocycles. The molecule has 0 saturated heterocycles. The molecule has 6 nitrogen and oxygen atoms in total. The van der Waals surface area contributed by atoms with Gasteiger partial charge in [0.2, 0.25) is 0 Å². The fraction of sp³-hybridized carbons (Fsp3) is 0.0417. The lowest BCUT2D eigenvalue weighted by atomic mass is 10.0. The van der Waals surface area contributed by atoms with Gasteiger partial charge in [-0.25, -0.2) is 0 Å². The van der Waals surface area contributed by atoms with E-state index in [-0.39, 0.29) is 10.9 Å². The number of H-pyrrole nitrogens is 2. The van der Waals surface area contributed by atoms with Crippen molar-refractivity contribution in [1.82, 2.24) is 19.7 Å². The van der Waals surface area contributed by atoms with E-state index in [2.05, 4.69) is 15.1 Å². The predicted molar refractivity (Wildman–Crippen MR) is 119 cm³/mol. The molecule has 0 aliphatic heterocycles. The van der Waals surface area contributed by atoms with Crippen molar-refractivity contribution in [2.75, 3.05) is 0 Å². The number of pyridine rings is 2. The van der Waals surface area contributed by atoms with Crippen molar-refractivity contribution in [2.24, 2.45) is 0 Å². The summed E-state index contributed by atoms with van der Waals surface area (Å²) in [6, 6.07) is 18.6. The summed E-state index contributed by atoms with van der Waals surface area (Å²) in [5.41, 5.74) is 3.59. The SMILES string of the molecule is O=c1c2ccccc2[nH]c2cc3c(=O)c4c(Cn5cccn5)cccc4[nH]c3cc12. The van der Waals surface area contributed by atoms with E-state index in [1.54, 1.807) is 23.0 Å². The van der Waals surface area contributed by atoms with Crippen molar-refractivity contribution in [1.29, 1.82) is 0 Å². The van der Waals surface area contributed by atoms with E-state index in [0.29, 0.717) is 39.1 Å². The Labute approximate surface area is 169 Å². The Morgan fingerprint density at radius 2 is 1.47 bits per heavy atom. The quantitative estimate of drug-likeness (QED) is 0.438. The highest BCUT2D eigenvalue weighted by Gasteiger charge is 2.13. The number of aromatic nitrogens is 4. The first-order valence-corrected chi connectivity index (χ1v) is 9.69. The number of benzene rings is 3. The van der Waals surface area contributed by atoms with E-state index in [1.165, 1.54) is 0 Å². The number of nitrogens with one attached hydrogen (secondary N) is 2. The highest BCUT2D eigenvalue weighted by atomic mass is 16.1. The first kappa shape index (κ1) is 16.7. The van der Waals surface area contributed by atoms with Crippen LogP contribution in [0.1, 0.15) is 5.56 Å². The molecule has 0 aliphatic carbocycles. The van der Waals surface area contributed by atoms with Crippen LogP contribution < -0.4 is 10.9 Å². The zero-order valence-corrected chi connectivity index (χ0v) is 15.8. The molecule has 0 amide bonds. The first-order valence-electron chi connectivity index (χ1n) is 9.69. The zero-order chi connectivity index (χ0) is 20.2. The van der Waals surface area contributed by atoms with E-state index in [9.17, 15) is 9.59 Å². The number of aromatic amines is 2. The minimum Gasteiger partial charge on any atom is -0.354 e. The van der Waals surface area contributed by atoms with Crippen LogP contribution in [0, 0.1) is 0 Å². The van der Waals surface area contributed by atoms with Crippen LogP contribution in [0.25, 0.3) is 43.6 Å². The van der Waals surface area contributed by atoms with Gasteiger partial charge < -0.3 is 9.97 Å². The molecule has 6 aromatic rings. The number of hydrogen-bond acceptors (Lipinski definition) is 3. The third kappa shape index (κ3) is 2.40. The minimum absolute atomic E-state index is 0.0466. The maximum absolute atomic E-state index is 13.5. The number of fused-ring (bicyclic) bond motifs is 4. The largest absolute Gasteiger partial charge is 0.354 e. The van der Waals surface area contributed by atoms with E-state index in [1.807, 2.05) is 54.7 Å². The standard InChI is InChI=1S/C24H16N4O2/c29-23-15-6-1-2-7-18(15)26-20-12-17-21(11-16(20)23)27-19-8-3-5-14(22(19)24(17)30)13-28-10-4-9-25-28/h1-12H,13H2,(H,26,29)(H,27,30). The molecule has 0 unspecified atom stereocenters. The Morgan fingerprint density at radius 1 is 0.733 bits per heavy atom. The molecule has 0 bridgehead atoms. The van der Waals surface area contributed by atoms with Crippen molar-refractivity contribution in [3.63, 3.8) is 0 Å². The van der Waals surface area contributed by atoms with Gasteiger partial charge in [0.25, 0.3) is 0 Å². The highest BCUT2D eigenvalue weighted by molar-refractivity contribution is 6.03.